The molecule has 2 fully saturated rings. The summed E-state index contributed by atoms with van der Waals surface area (Å²) in [6.45, 7) is 2.14. The molecule has 20 heavy (non-hydrogen) atoms. The van der Waals surface area contributed by atoms with Gasteiger partial charge in [0, 0.05) is 23.3 Å². The SMILES string of the molecule is C[C@@]12CC3(C=CC(=O)C=C3)C[C@]3(CCC(=O)C=C3O1)C2. The van der Waals surface area contributed by atoms with Crippen molar-refractivity contribution >= 4 is 11.6 Å². The lowest BCUT2D eigenvalue weighted by Crippen LogP contribution is -2.42. The number of ether oxygens (including phenoxy) is 1. The number of allylic oxidation sites excluding steroid dienone is 6. The summed E-state index contributed by atoms with van der Waals surface area (Å²) in [6.07, 6.45) is 13.5. The lowest BCUT2D eigenvalue weighted by molar-refractivity contribution is -0.116. The van der Waals surface area contributed by atoms with Gasteiger partial charge in [-0.2, -0.15) is 0 Å². The monoisotopic (exact) mass is 270 g/mol. The summed E-state index contributed by atoms with van der Waals surface area (Å²) in [6, 6.07) is 0. The number of ketones is 2. The third-order valence-electron chi connectivity index (χ3n) is 5.26. The molecule has 1 aliphatic heterocycles. The molecule has 2 spiro atoms. The number of carbonyl (C=O) groups excluding carboxylic acids is 2. The van der Waals surface area contributed by atoms with Crippen molar-refractivity contribution < 1.29 is 14.3 Å². The Bertz CT molecular complexity index is 594. The second kappa shape index (κ2) is 3.51. The van der Waals surface area contributed by atoms with Crippen molar-refractivity contribution in [2.45, 2.75) is 44.6 Å². The fourth-order valence-electron chi connectivity index (χ4n) is 4.76. The van der Waals surface area contributed by atoms with Gasteiger partial charge in [-0.15, -0.1) is 0 Å². The average Bonchev–Trinajstić information content (AvgIpc) is 2.59. The Labute approximate surface area is 118 Å². The maximum atomic E-state index is 11.7. The lowest BCUT2D eigenvalue weighted by Gasteiger charge is -2.45. The molecule has 0 unspecified atom stereocenters. The third-order valence-corrected chi connectivity index (χ3v) is 5.26. The minimum atomic E-state index is -0.218. The molecule has 2 bridgehead atoms. The highest BCUT2D eigenvalue weighted by Gasteiger charge is 2.61. The van der Waals surface area contributed by atoms with Gasteiger partial charge in [0.1, 0.15) is 11.4 Å². The fourth-order valence-corrected chi connectivity index (χ4v) is 4.76. The molecule has 3 aliphatic carbocycles. The van der Waals surface area contributed by atoms with Crippen molar-refractivity contribution in [3.05, 3.63) is 36.1 Å². The van der Waals surface area contributed by atoms with Crippen molar-refractivity contribution in [2.75, 3.05) is 0 Å². The number of hydrogen-bond acceptors (Lipinski definition) is 3. The number of fused-ring (bicyclic) bond motifs is 1. The molecule has 0 radical (unpaired) electrons. The fraction of sp³-hybridized carbons (Fsp3) is 0.529. The predicted molar refractivity (Wildman–Crippen MR) is 73.8 cm³/mol. The molecular formula is C17H18O3. The molecule has 0 N–H and O–H groups in total. The van der Waals surface area contributed by atoms with E-state index in [-0.39, 0.29) is 28.0 Å². The molecule has 3 heteroatoms. The van der Waals surface area contributed by atoms with Crippen molar-refractivity contribution in [2.24, 2.45) is 10.8 Å². The number of hydrogen-bond donors (Lipinski definition) is 0. The van der Waals surface area contributed by atoms with Gasteiger partial charge in [-0.3, -0.25) is 9.59 Å². The summed E-state index contributed by atoms with van der Waals surface area (Å²) in [4.78, 5) is 23.1. The van der Waals surface area contributed by atoms with Crippen LogP contribution in [0.3, 0.4) is 0 Å². The first-order valence-electron chi connectivity index (χ1n) is 7.29. The highest BCUT2D eigenvalue weighted by Crippen LogP contribution is 2.65. The third kappa shape index (κ3) is 1.58. The summed E-state index contributed by atoms with van der Waals surface area (Å²) in [5, 5.41) is 0. The van der Waals surface area contributed by atoms with Crippen LogP contribution in [0, 0.1) is 10.8 Å². The van der Waals surface area contributed by atoms with E-state index in [0.717, 1.165) is 31.4 Å². The van der Waals surface area contributed by atoms with E-state index in [1.807, 2.05) is 0 Å². The Morgan fingerprint density at radius 2 is 1.85 bits per heavy atom. The van der Waals surface area contributed by atoms with Crippen molar-refractivity contribution in [1.29, 1.82) is 0 Å². The van der Waals surface area contributed by atoms with Crippen LogP contribution in [0.1, 0.15) is 39.0 Å². The Kier molecular flexibility index (Phi) is 2.13. The standard InChI is InChI=1S/C17H18O3/c1-15-9-16(5-2-12(18)3-6-16)11-17(10-15)7-4-13(19)8-14(17)20-15/h2-3,5-6,8H,4,7,9-11H2,1H3/t15-,17-/m0/s1. The van der Waals surface area contributed by atoms with E-state index in [1.54, 1.807) is 18.2 Å². The van der Waals surface area contributed by atoms with Gasteiger partial charge in [-0.25, -0.2) is 0 Å². The minimum absolute atomic E-state index is 0.00399. The molecule has 4 aliphatic rings. The minimum Gasteiger partial charge on any atom is -0.491 e. The van der Waals surface area contributed by atoms with Crippen LogP contribution < -0.4 is 0 Å². The van der Waals surface area contributed by atoms with Crippen LogP contribution in [-0.4, -0.2) is 17.2 Å². The quantitative estimate of drug-likeness (QED) is 0.680. The van der Waals surface area contributed by atoms with Gasteiger partial charge < -0.3 is 4.74 Å². The first kappa shape index (κ1) is 12.1. The van der Waals surface area contributed by atoms with E-state index < -0.39 is 0 Å². The molecule has 2 atom stereocenters. The van der Waals surface area contributed by atoms with Crippen LogP contribution in [0.2, 0.25) is 0 Å². The van der Waals surface area contributed by atoms with Crippen LogP contribution in [0.15, 0.2) is 36.1 Å². The van der Waals surface area contributed by atoms with Crippen LogP contribution in [-0.2, 0) is 14.3 Å². The second-order valence-electron chi connectivity index (χ2n) is 7.14. The molecule has 1 saturated carbocycles. The molecular weight excluding hydrogens is 252 g/mol. The molecule has 0 amide bonds. The summed E-state index contributed by atoms with van der Waals surface area (Å²) < 4.78 is 6.18. The van der Waals surface area contributed by atoms with Gasteiger partial charge in [-0.1, -0.05) is 12.2 Å². The van der Waals surface area contributed by atoms with Gasteiger partial charge >= 0.3 is 0 Å². The maximum Gasteiger partial charge on any atom is 0.178 e. The molecule has 104 valence electrons. The van der Waals surface area contributed by atoms with Crippen molar-refractivity contribution in [3.63, 3.8) is 0 Å². The van der Waals surface area contributed by atoms with Gasteiger partial charge in [0.2, 0.25) is 0 Å². The van der Waals surface area contributed by atoms with Gasteiger partial charge in [0.25, 0.3) is 0 Å². The van der Waals surface area contributed by atoms with Crippen LogP contribution in [0.5, 0.6) is 0 Å². The van der Waals surface area contributed by atoms with E-state index in [4.69, 9.17) is 4.74 Å². The first-order valence-corrected chi connectivity index (χ1v) is 7.29. The van der Waals surface area contributed by atoms with E-state index >= 15 is 0 Å². The zero-order chi connectivity index (χ0) is 14.0. The largest absolute Gasteiger partial charge is 0.491 e. The smallest absolute Gasteiger partial charge is 0.178 e. The lowest BCUT2D eigenvalue weighted by atomic mass is 9.55. The topological polar surface area (TPSA) is 43.4 Å². The van der Waals surface area contributed by atoms with Gasteiger partial charge in [-0.05, 0) is 44.8 Å². The summed E-state index contributed by atoms with van der Waals surface area (Å²) in [5.74, 6) is 1.14. The molecule has 1 saturated heterocycles. The Balaban J connectivity index is 1.79. The molecule has 0 aromatic heterocycles. The van der Waals surface area contributed by atoms with Crippen molar-refractivity contribution in [3.8, 4) is 0 Å². The summed E-state index contributed by atoms with van der Waals surface area (Å²) in [5.41, 5.74) is -0.309. The Morgan fingerprint density at radius 1 is 1.10 bits per heavy atom. The molecule has 3 nitrogen and oxygen atoms in total. The van der Waals surface area contributed by atoms with E-state index in [0.29, 0.717) is 6.42 Å². The Morgan fingerprint density at radius 3 is 2.60 bits per heavy atom. The maximum absolute atomic E-state index is 11.7. The normalized spacial score (nSPS) is 40.5. The summed E-state index contributed by atoms with van der Waals surface area (Å²) in [7, 11) is 0. The van der Waals surface area contributed by atoms with E-state index in [2.05, 4.69) is 19.1 Å². The van der Waals surface area contributed by atoms with E-state index in [9.17, 15) is 9.59 Å². The molecule has 0 aromatic carbocycles. The molecule has 1 heterocycles. The summed E-state index contributed by atoms with van der Waals surface area (Å²) >= 11 is 0. The number of rotatable bonds is 0. The van der Waals surface area contributed by atoms with E-state index in [1.165, 1.54) is 0 Å². The van der Waals surface area contributed by atoms with Crippen molar-refractivity contribution in [1.82, 2.24) is 0 Å². The van der Waals surface area contributed by atoms with Gasteiger partial charge in [0.05, 0.1) is 0 Å². The van der Waals surface area contributed by atoms with Crippen LogP contribution in [0.4, 0.5) is 0 Å². The Hall–Kier alpha value is -1.64. The average molecular weight is 270 g/mol. The molecule has 0 aromatic rings. The highest BCUT2D eigenvalue weighted by atomic mass is 16.5. The van der Waals surface area contributed by atoms with Crippen LogP contribution >= 0.6 is 0 Å². The second-order valence-corrected chi connectivity index (χ2v) is 7.14. The molecule has 4 rings (SSSR count). The van der Waals surface area contributed by atoms with Gasteiger partial charge in [0.15, 0.2) is 11.6 Å². The number of carbonyl (C=O) groups is 2. The zero-order valence-electron chi connectivity index (χ0n) is 11.6. The highest BCUT2D eigenvalue weighted by molar-refractivity contribution is 6.00. The zero-order valence-corrected chi connectivity index (χ0v) is 11.6. The van der Waals surface area contributed by atoms with Crippen LogP contribution in [0.25, 0.3) is 0 Å². The first-order chi connectivity index (χ1) is 9.43. The predicted octanol–water partition coefficient (Wildman–Crippen LogP) is 2.87.